The Morgan fingerprint density at radius 3 is 2.89 bits per heavy atom. The molecule has 1 unspecified atom stereocenters. The molecule has 5 heteroatoms. The molecule has 2 rings (SSSR count). The SMILES string of the molecule is Cc1cc(Cl)c(C(=O)NCC(C)N(C)C2CC2)cn1. The van der Waals surface area contributed by atoms with Gasteiger partial charge >= 0.3 is 0 Å². The van der Waals surface area contributed by atoms with E-state index in [1.54, 1.807) is 6.07 Å². The maximum Gasteiger partial charge on any atom is 0.254 e. The van der Waals surface area contributed by atoms with Crippen LogP contribution >= 0.6 is 11.6 Å². The summed E-state index contributed by atoms with van der Waals surface area (Å²) >= 11 is 6.05. The van der Waals surface area contributed by atoms with Crippen molar-refractivity contribution in [2.24, 2.45) is 0 Å². The third-order valence-electron chi connectivity index (χ3n) is 3.61. The number of hydrogen-bond acceptors (Lipinski definition) is 3. The van der Waals surface area contributed by atoms with Gasteiger partial charge in [-0.25, -0.2) is 0 Å². The van der Waals surface area contributed by atoms with Gasteiger partial charge in [0.2, 0.25) is 0 Å². The average molecular weight is 282 g/mol. The molecule has 1 aliphatic carbocycles. The summed E-state index contributed by atoms with van der Waals surface area (Å²) in [6.45, 7) is 4.59. The zero-order chi connectivity index (χ0) is 14.0. The van der Waals surface area contributed by atoms with Crippen LogP contribution in [0.2, 0.25) is 5.02 Å². The summed E-state index contributed by atoms with van der Waals surface area (Å²) in [6, 6.07) is 2.72. The minimum absolute atomic E-state index is 0.159. The van der Waals surface area contributed by atoms with Crippen molar-refractivity contribution in [3.8, 4) is 0 Å². The largest absolute Gasteiger partial charge is 0.350 e. The predicted molar refractivity (Wildman–Crippen MR) is 76.6 cm³/mol. The molecule has 104 valence electrons. The topological polar surface area (TPSA) is 45.2 Å². The second kappa shape index (κ2) is 5.88. The van der Waals surface area contributed by atoms with Crippen molar-refractivity contribution in [2.75, 3.05) is 13.6 Å². The lowest BCUT2D eigenvalue weighted by Crippen LogP contribution is -2.41. The van der Waals surface area contributed by atoms with E-state index in [0.717, 1.165) is 5.69 Å². The molecule has 1 aromatic rings. The van der Waals surface area contributed by atoms with Crippen LogP contribution in [0.5, 0.6) is 0 Å². The molecule has 0 bridgehead atoms. The molecule has 1 heterocycles. The van der Waals surface area contributed by atoms with E-state index in [1.807, 2.05) is 6.92 Å². The Kier molecular flexibility index (Phi) is 4.42. The Labute approximate surface area is 119 Å². The summed E-state index contributed by atoms with van der Waals surface area (Å²) in [4.78, 5) is 18.5. The summed E-state index contributed by atoms with van der Waals surface area (Å²) in [5.41, 5.74) is 1.25. The van der Waals surface area contributed by atoms with Crippen LogP contribution in [0.15, 0.2) is 12.3 Å². The number of rotatable bonds is 5. The minimum atomic E-state index is -0.159. The molecule has 1 N–H and O–H groups in total. The fourth-order valence-electron chi connectivity index (χ4n) is 2.01. The van der Waals surface area contributed by atoms with E-state index in [1.165, 1.54) is 19.0 Å². The van der Waals surface area contributed by atoms with Gasteiger partial charge in [0.1, 0.15) is 0 Å². The van der Waals surface area contributed by atoms with Crippen molar-refractivity contribution >= 4 is 17.5 Å². The molecular formula is C14H20ClN3O. The van der Waals surface area contributed by atoms with Crippen LogP contribution in [0.4, 0.5) is 0 Å². The van der Waals surface area contributed by atoms with Gasteiger partial charge in [-0.15, -0.1) is 0 Å². The molecule has 1 aliphatic rings. The third kappa shape index (κ3) is 3.67. The van der Waals surface area contributed by atoms with E-state index in [-0.39, 0.29) is 5.91 Å². The Morgan fingerprint density at radius 2 is 2.32 bits per heavy atom. The minimum Gasteiger partial charge on any atom is -0.350 e. The molecule has 4 nitrogen and oxygen atoms in total. The van der Waals surface area contributed by atoms with E-state index < -0.39 is 0 Å². The normalized spacial score (nSPS) is 16.5. The van der Waals surface area contributed by atoms with Crippen molar-refractivity contribution in [1.29, 1.82) is 0 Å². The van der Waals surface area contributed by atoms with Crippen LogP contribution in [0, 0.1) is 6.92 Å². The van der Waals surface area contributed by atoms with E-state index in [0.29, 0.717) is 29.2 Å². The van der Waals surface area contributed by atoms with Gasteiger partial charge in [0, 0.05) is 30.5 Å². The fourth-order valence-corrected chi connectivity index (χ4v) is 2.31. The Morgan fingerprint density at radius 1 is 1.63 bits per heavy atom. The van der Waals surface area contributed by atoms with Gasteiger partial charge in [-0.1, -0.05) is 11.6 Å². The maximum absolute atomic E-state index is 12.0. The second-order valence-electron chi connectivity index (χ2n) is 5.26. The zero-order valence-electron chi connectivity index (χ0n) is 11.6. The van der Waals surface area contributed by atoms with Crippen LogP contribution < -0.4 is 5.32 Å². The number of hydrogen-bond donors (Lipinski definition) is 1. The zero-order valence-corrected chi connectivity index (χ0v) is 12.4. The highest BCUT2D eigenvalue weighted by molar-refractivity contribution is 6.33. The molecule has 0 aromatic carbocycles. The molecule has 0 aliphatic heterocycles. The maximum atomic E-state index is 12.0. The van der Waals surface area contributed by atoms with Gasteiger partial charge in [0.15, 0.2) is 0 Å². The summed E-state index contributed by atoms with van der Waals surface area (Å²) in [5, 5.41) is 3.37. The number of likely N-dealkylation sites (N-methyl/N-ethyl adjacent to an activating group) is 1. The number of aromatic nitrogens is 1. The van der Waals surface area contributed by atoms with Gasteiger partial charge < -0.3 is 5.32 Å². The van der Waals surface area contributed by atoms with Gasteiger partial charge in [0.05, 0.1) is 10.6 Å². The molecule has 1 aromatic heterocycles. The lowest BCUT2D eigenvalue weighted by Gasteiger charge is -2.24. The number of carbonyl (C=O) groups excluding carboxylic acids is 1. The van der Waals surface area contributed by atoms with E-state index in [2.05, 4.69) is 29.2 Å². The van der Waals surface area contributed by atoms with Gasteiger partial charge in [0.25, 0.3) is 5.91 Å². The molecule has 0 spiro atoms. The van der Waals surface area contributed by atoms with Gasteiger partial charge in [-0.3, -0.25) is 14.7 Å². The van der Waals surface area contributed by atoms with E-state index in [4.69, 9.17) is 11.6 Å². The first kappa shape index (κ1) is 14.3. The number of nitrogens with zero attached hydrogens (tertiary/aromatic N) is 2. The Balaban J connectivity index is 1.89. The number of nitrogens with one attached hydrogen (secondary N) is 1. The lowest BCUT2D eigenvalue weighted by molar-refractivity contribution is 0.0939. The first-order valence-corrected chi connectivity index (χ1v) is 6.99. The van der Waals surface area contributed by atoms with E-state index >= 15 is 0 Å². The predicted octanol–water partition coefficient (Wildman–Crippen LogP) is 2.26. The molecule has 1 saturated carbocycles. The van der Waals surface area contributed by atoms with Gasteiger partial charge in [-0.05, 0) is 39.8 Å². The second-order valence-corrected chi connectivity index (χ2v) is 5.67. The highest BCUT2D eigenvalue weighted by Gasteiger charge is 2.29. The Hall–Kier alpha value is -1.13. The highest BCUT2D eigenvalue weighted by Crippen LogP contribution is 2.26. The number of pyridine rings is 1. The molecular weight excluding hydrogens is 262 g/mol. The quantitative estimate of drug-likeness (QED) is 0.900. The summed E-state index contributed by atoms with van der Waals surface area (Å²) in [5.74, 6) is -0.159. The average Bonchev–Trinajstić information content (AvgIpc) is 3.18. The smallest absolute Gasteiger partial charge is 0.254 e. The summed E-state index contributed by atoms with van der Waals surface area (Å²) < 4.78 is 0. The van der Waals surface area contributed by atoms with Crippen molar-refractivity contribution in [3.05, 3.63) is 28.5 Å². The van der Waals surface area contributed by atoms with Crippen LogP contribution in [-0.4, -0.2) is 41.5 Å². The number of carbonyl (C=O) groups is 1. The summed E-state index contributed by atoms with van der Waals surface area (Å²) in [7, 11) is 2.11. The number of amides is 1. The highest BCUT2D eigenvalue weighted by atomic mass is 35.5. The van der Waals surface area contributed by atoms with Crippen LogP contribution in [0.25, 0.3) is 0 Å². The number of halogens is 1. The Bertz CT molecular complexity index is 474. The van der Waals surface area contributed by atoms with Crippen LogP contribution in [0.1, 0.15) is 35.8 Å². The summed E-state index contributed by atoms with van der Waals surface area (Å²) in [6.07, 6.45) is 4.06. The standard InChI is InChI=1S/C14H20ClN3O/c1-9-6-13(15)12(8-16-9)14(19)17-7-10(2)18(3)11-4-5-11/h6,8,10-11H,4-5,7H2,1-3H3,(H,17,19). The van der Waals surface area contributed by atoms with Crippen molar-refractivity contribution in [1.82, 2.24) is 15.2 Å². The van der Waals surface area contributed by atoms with E-state index in [9.17, 15) is 4.79 Å². The monoisotopic (exact) mass is 281 g/mol. The molecule has 1 amide bonds. The van der Waals surface area contributed by atoms with Crippen molar-refractivity contribution < 1.29 is 4.79 Å². The molecule has 0 saturated heterocycles. The van der Waals surface area contributed by atoms with Crippen LogP contribution in [0.3, 0.4) is 0 Å². The van der Waals surface area contributed by atoms with Crippen molar-refractivity contribution in [3.63, 3.8) is 0 Å². The lowest BCUT2D eigenvalue weighted by atomic mass is 10.2. The molecule has 19 heavy (non-hydrogen) atoms. The molecule has 1 fully saturated rings. The molecule has 1 atom stereocenters. The number of aryl methyl sites for hydroxylation is 1. The first-order chi connectivity index (χ1) is 8.99. The first-order valence-electron chi connectivity index (χ1n) is 6.61. The third-order valence-corrected chi connectivity index (χ3v) is 3.92. The van der Waals surface area contributed by atoms with Crippen LogP contribution in [-0.2, 0) is 0 Å². The van der Waals surface area contributed by atoms with Crippen molar-refractivity contribution in [2.45, 2.75) is 38.8 Å². The molecule has 0 radical (unpaired) electrons. The fraction of sp³-hybridized carbons (Fsp3) is 0.571. The van der Waals surface area contributed by atoms with Gasteiger partial charge in [-0.2, -0.15) is 0 Å².